The molecule has 0 aromatic rings. The van der Waals surface area contributed by atoms with Crippen molar-refractivity contribution in [3.05, 3.63) is 0 Å². The predicted molar refractivity (Wildman–Crippen MR) is 78.9 cm³/mol. The Morgan fingerprint density at radius 3 is 2.56 bits per heavy atom. The molecule has 2 rings (SSSR count). The maximum absolute atomic E-state index is 3.76. The van der Waals surface area contributed by atoms with Crippen LogP contribution in [0.1, 0.15) is 65.2 Å². The minimum absolute atomic E-state index is 0.431. The molecule has 1 aliphatic heterocycles. The van der Waals surface area contributed by atoms with Crippen LogP contribution in [0.15, 0.2) is 0 Å². The van der Waals surface area contributed by atoms with Gasteiger partial charge in [0.2, 0.25) is 0 Å². The lowest BCUT2D eigenvalue weighted by atomic mass is 9.93. The molecule has 1 unspecified atom stereocenters. The molecule has 0 spiro atoms. The van der Waals surface area contributed by atoms with Gasteiger partial charge in [-0.05, 0) is 38.6 Å². The molecule has 1 saturated carbocycles. The number of hydrogen-bond donors (Lipinski definition) is 1. The van der Waals surface area contributed by atoms with Crippen LogP contribution in [0.25, 0.3) is 0 Å². The largest absolute Gasteiger partial charge is 0.309 e. The van der Waals surface area contributed by atoms with Gasteiger partial charge in [-0.25, -0.2) is 0 Å². The quantitative estimate of drug-likeness (QED) is 0.666. The van der Waals surface area contributed by atoms with E-state index in [-0.39, 0.29) is 0 Å². The Balaban J connectivity index is 1.58. The summed E-state index contributed by atoms with van der Waals surface area (Å²) in [5.41, 5.74) is 0.431. The van der Waals surface area contributed by atoms with Crippen LogP contribution in [-0.2, 0) is 0 Å². The van der Waals surface area contributed by atoms with Crippen LogP contribution in [0.5, 0.6) is 0 Å². The predicted octanol–water partition coefficient (Wildman–Crippen LogP) is 3.42. The zero-order valence-corrected chi connectivity index (χ0v) is 12.5. The normalized spacial score (nSPS) is 29.7. The SMILES string of the molecule is CCCCCCCCN1CCNC(C)(C2CC2)C1. The van der Waals surface area contributed by atoms with Gasteiger partial charge in [-0.15, -0.1) is 0 Å². The average molecular weight is 252 g/mol. The summed E-state index contributed by atoms with van der Waals surface area (Å²) in [6.45, 7) is 9.81. The van der Waals surface area contributed by atoms with E-state index in [0.29, 0.717) is 5.54 Å². The minimum Gasteiger partial charge on any atom is -0.309 e. The summed E-state index contributed by atoms with van der Waals surface area (Å²) in [6, 6.07) is 0. The summed E-state index contributed by atoms with van der Waals surface area (Å²) in [6.07, 6.45) is 11.4. The molecule has 2 nitrogen and oxygen atoms in total. The van der Waals surface area contributed by atoms with E-state index < -0.39 is 0 Å². The first-order chi connectivity index (χ1) is 8.74. The molecule has 1 heterocycles. The highest BCUT2D eigenvalue weighted by Gasteiger charge is 2.43. The first kappa shape index (κ1) is 14.3. The third kappa shape index (κ3) is 4.24. The molecule has 2 heteroatoms. The second kappa shape index (κ2) is 6.91. The van der Waals surface area contributed by atoms with E-state index >= 15 is 0 Å². The maximum Gasteiger partial charge on any atom is 0.0309 e. The van der Waals surface area contributed by atoms with Crippen LogP contribution < -0.4 is 5.32 Å². The Kier molecular flexibility index (Phi) is 5.50. The lowest BCUT2D eigenvalue weighted by Gasteiger charge is -2.42. The number of nitrogens with zero attached hydrogens (tertiary/aromatic N) is 1. The average Bonchev–Trinajstić information content (AvgIpc) is 3.18. The lowest BCUT2D eigenvalue weighted by Crippen LogP contribution is -2.60. The van der Waals surface area contributed by atoms with Gasteiger partial charge < -0.3 is 10.2 Å². The summed E-state index contributed by atoms with van der Waals surface area (Å²) in [5.74, 6) is 0.963. The van der Waals surface area contributed by atoms with Gasteiger partial charge in [-0.3, -0.25) is 0 Å². The highest BCUT2D eigenvalue weighted by atomic mass is 15.2. The first-order valence-electron chi connectivity index (χ1n) is 8.22. The van der Waals surface area contributed by atoms with Crippen LogP contribution in [0.3, 0.4) is 0 Å². The van der Waals surface area contributed by atoms with Crippen molar-refractivity contribution < 1.29 is 0 Å². The van der Waals surface area contributed by atoms with E-state index in [1.54, 1.807) is 0 Å². The molecular formula is C16H32N2. The van der Waals surface area contributed by atoms with Crippen molar-refractivity contribution >= 4 is 0 Å². The van der Waals surface area contributed by atoms with E-state index in [0.717, 1.165) is 5.92 Å². The van der Waals surface area contributed by atoms with E-state index in [1.165, 1.54) is 77.5 Å². The Hall–Kier alpha value is -0.0800. The number of piperazine rings is 1. The molecule has 1 N–H and O–H groups in total. The molecule has 1 saturated heterocycles. The molecule has 0 aromatic heterocycles. The molecular weight excluding hydrogens is 220 g/mol. The molecule has 1 atom stereocenters. The van der Waals surface area contributed by atoms with Crippen molar-refractivity contribution in [2.24, 2.45) is 5.92 Å². The minimum atomic E-state index is 0.431. The number of unbranched alkanes of at least 4 members (excludes halogenated alkanes) is 5. The molecule has 106 valence electrons. The fraction of sp³-hybridized carbons (Fsp3) is 1.00. The molecule has 18 heavy (non-hydrogen) atoms. The van der Waals surface area contributed by atoms with E-state index in [1.807, 2.05) is 0 Å². The number of hydrogen-bond acceptors (Lipinski definition) is 2. The van der Waals surface area contributed by atoms with Crippen molar-refractivity contribution in [2.45, 2.75) is 70.8 Å². The molecule has 2 aliphatic rings. The van der Waals surface area contributed by atoms with E-state index in [4.69, 9.17) is 0 Å². The summed E-state index contributed by atoms with van der Waals surface area (Å²) in [5, 5.41) is 3.76. The van der Waals surface area contributed by atoms with Crippen molar-refractivity contribution in [3.8, 4) is 0 Å². The highest BCUT2D eigenvalue weighted by Crippen LogP contribution is 2.40. The Morgan fingerprint density at radius 2 is 1.83 bits per heavy atom. The van der Waals surface area contributed by atoms with Crippen molar-refractivity contribution in [1.29, 1.82) is 0 Å². The second-order valence-corrected chi connectivity index (χ2v) is 6.66. The van der Waals surface area contributed by atoms with Crippen LogP contribution in [0.4, 0.5) is 0 Å². The summed E-state index contributed by atoms with van der Waals surface area (Å²) < 4.78 is 0. The maximum atomic E-state index is 3.76. The monoisotopic (exact) mass is 252 g/mol. The van der Waals surface area contributed by atoms with Crippen molar-refractivity contribution in [2.75, 3.05) is 26.2 Å². The molecule has 0 aromatic carbocycles. The van der Waals surface area contributed by atoms with E-state index in [2.05, 4.69) is 24.1 Å². The van der Waals surface area contributed by atoms with Crippen LogP contribution in [-0.4, -0.2) is 36.6 Å². The van der Waals surface area contributed by atoms with Crippen LogP contribution in [0, 0.1) is 5.92 Å². The molecule has 0 amide bonds. The van der Waals surface area contributed by atoms with Gasteiger partial charge in [0, 0.05) is 25.2 Å². The Labute approximate surface area is 114 Å². The molecule has 2 fully saturated rings. The standard InChI is InChI=1S/C16H32N2/c1-3-4-5-6-7-8-12-18-13-11-17-16(2,14-18)15-9-10-15/h15,17H,3-14H2,1-2H3. The second-order valence-electron chi connectivity index (χ2n) is 6.66. The van der Waals surface area contributed by atoms with Gasteiger partial charge >= 0.3 is 0 Å². The van der Waals surface area contributed by atoms with Crippen LogP contribution >= 0.6 is 0 Å². The fourth-order valence-electron chi connectivity index (χ4n) is 3.40. The fourth-order valence-corrected chi connectivity index (χ4v) is 3.40. The first-order valence-corrected chi connectivity index (χ1v) is 8.22. The third-order valence-corrected chi connectivity index (χ3v) is 4.82. The Bertz CT molecular complexity index is 237. The zero-order valence-electron chi connectivity index (χ0n) is 12.5. The lowest BCUT2D eigenvalue weighted by molar-refractivity contribution is 0.125. The van der Waals surface area contributed by atoms with E-state index in [9.17, 15) is 0 Å². The van der Waals surface area contributed by atoms with Crippen molar-refractivity contribution in [1.82, 2.24) is 10.2 Å². The van der Waals surface area contributed by atoms with Crippen LogP contribution in [0.2, 0.25) is 0 Å². The molecule has 0 bridgehead atoms. The summed E-state index contributed by atoms with van der Waals surface area (Å²) >= 11 is 0. The topological polar surface area (TPSA) is 15.3 Å². The third-order valence-electron chi connectivity index (χ3n) is 4.82. The van der Waals surface area contributed by atoms with Crippen molar-refractivity contribution in [3.63, 3.8) is 0 Å². The van der Waals surface area contributed by atoms with Gasteiger partial charge in [0.25, 0.3) is 0 Å². The number of nitrogens with one attached hydrogen (secondary N) is 1. The van der Waals surface area contributed by atoms with Gasteiger partial charge in [0.05, 0.1) is 0 Å². The number of rotatable bonds is 8. The molecule has 1 aliphatic carbocycles. The van der Waals surface area contributed by atoms with Gasteiger partial charge in [-0.1, -0.05) is 39.0 Å². The van der Waals surface area contributed by atoms with Gasteiger partial charge in [0.15, 0.2) is 0 Å². The smallest absolute Gasteiger partial charge is 0.0309 e. The highest BCUT2D eigenvalue weighted by molar-refractivity contribution is 5.01. The van der Waals surface area contributed by atoms with Gasteiger partial charge in [-0.2, -0.15) is 0 Å². The van der Waals surface area contributed by atoms with Gasteiger partial charge in [0.1, 0.15) is 0 Å². The Morgan fingerprint density at radius 1 is 1.11 bits per heavy atom. The molecule has 0 radical (unpaired) electrons. The zero-order chi connectivity index (χ0) is 12.8. The summed E-state index contributed by atoms with van der Waals surface area (Å²) in [7, 11) is 0. The summed E-state index contributed by atoms with van der Waals surface area (Å²) in [4.78, 5) is 2.70.